The first kappa shape index (κ1) is 17.3. The van der Waals surface area contributed by atoms with E-state index in [0.29, 0.717) is 12.1 Å². The largest absolute Gasteiger partial charge is 0.339 e. The van der Waals surface area contributed by atoms with E-state index in [-0.39, 0.29) is 5.91 Å². The van der Waals surface area contributed by atoms with E-state index in [9.17, 15) is 4.79 Å². The number of carbonyl (C=O) groups is 1. The Morgan fingerprint density at radius 3 is 2.27 bits per heavy atom. The van der Waals surface area contributed by atoms with Crippen molar-refractivity contribution >= 4 is 5.91 Å². The van der Waals surface area contributed by atoms with Gasteiger partial charge in [0.2, 0.25) is 0 Å². The van der Waals surface area contributed by atoms with Crippen molar-refractivity contribution in [3.63, 3.8) is 0 Å². The third-order valence-electron chi connectivity index (χ3n) is 6.45. The Balaban J connectivity index is 1.49. The number of hydrogen-bond acceptors (Lipinski definition) is 3. The standard InChI is InChI=1S/C21H28N4O/c1-23(2)17-11-15-13-18(14-16(15)12-17)24(3)21(26)19-7-4-5-8-20(19)25-10-6-9-22-25/h4-10,15-18H,11-14H2,1-3H3/t15-,16+,17?,18?. The maximum Gasteiger partial charge on any atom is 0.256 e. The number of hydrogen-bond donors (Lipinski definition) is 0. The molecule has 1 amide bonds. The van der Waals surface area contributed by atoms with E-state index in [1.165, 1.54) is 12.8 Å². The minimum atomic E-state index is 0.102. The highest BCUT2D eigenvalue weighted by Gasteiger charge is 2.44. The number of rotatable bonds is 4. The minimum absolute atomic E-state index is 0.102. The monoisotopic (exact) mass is 352 g/mol. The molecule has 26 heavy (non-hydrogen) atoms. The minimum Gasteiger partial charge on any atom is -0.339 e. The third-order valence-corrected chi connectivity index (χ3v) is 6.45. The lowest BCUT2D eigenvalue weighted by atomic mass is 10.0. The number of para-hydroxylation sites is 1. The Bertz CT molecular complexity index is 756. The van der Waals surface area contributed by atoms with Crippen LogP contribution in [0.2, 0.25) is 0 Å². The first-order valence-electron chi connectivity index (χ1n) is 9.57. The molecule has 2 fully saturated rings. The van der Waals surface area contributed by atoms with Gasteiger partial charge in [0.05, 0.1) is 11.3 Å². The fraction of sp³-hybridized carbons (Fsp3) is 0.524. The number of fused-ring (bicyclic) bond motifs is 1. The first-order valence-corrected chi connectivity index (χ1v) is 9.57. The summed E-state index contributed by atoms with van der Waals surface area (Å²) in [6.07, 6.45) is 8.46. The normalized spacial score (nSPS) is 27.7. The van der Waals surface area contributed by atoms with Crippen LogP contribution < -0.4 is 0 Å². The number of aromatic nitrogens is 2. The fourth-order valence-electron chi connectivity index (χ4n) is 4.91. The second kappa shape index (κ2) is 6.88. The van der Waals surface area contributed by atoms with Crippen LogP contribution in [-0.2, 0) is 0 Å². The molecule has 2 aliphatic carbocycles. The zero-order valence-electron chi connectivity index (χ0n) is 15.9. The third kappa shape index (κ3) is 3.05. The van der Waals surface area contributed by atoms with Gasteiger partial charge >= 0.3 is 0 Å². The second-order valence-corrected chi connectivity index (χ2v) is 8.12. The molecule has 1 aromatic carbocycles. The average Bonchev–Trinajstić information content (AvgIpc) is 3.35. The highest BCUT2D eigenvalue weighted by Crippen LogP contribution is 2.46. The van der Waals surface area contributed by atoms with E-state index in [4.69, 9.17) is 0 Å². The van der Waals surface area contributed by atoms with Crippen molar-refractivity contribution in [1.82, 2.24) is 19.6 Å². The molecule has 2 saturated carbocycles. The average molecular weight is 352 g/mol. The van der Waals surface area contributed by atoms with Gasteiger partial charge in [-0.3, -0.25) is 4.79 Å². The predicted molar refractivity (Wildman–Crippen MR) is 102 cm³/mol. The van der Waals surface area contributed by atoms with Gasteiger partial charge in [-0.05, 0) is 69.8 Å². The maximum atomic E-state index is 13.2. The van der Waals surface area contributed by atoms with Crippen LogP contribution in [0.4, 0.5) is 0 Å². The fourth-order valence-corrected chi connectivity index (χ4v) is 4.91. The molecule has 0 bridgehead atoms. The molecule has 4 atom stereocenters. The molecule has 0 spiro atoms. The van der Waals surface area contributed by atoms with E-state index in [1.807, 2.05) is 48.5 Å². The van der Waals surface area contributed by atoms with Crippen molar-refractivity contribution in [2.24, 2.45) is 11.8 Å². The predicted octanol–water partition coefficient (Wildman–Crippen LogP) is 3.06. The Labute approximate surface area is 155 Å². The molecular weight excluding hydrogens is 324 g/mol. The zero-order chi connectivity index (χ0) is 18.3. The van der Waals surface area contributed by atoms with E-state index < -0.39 is 0 Å². The van der Waals surface area contributed by atoms with Crippen molar-refractivity contribution < 1.29 is 4.79 Å². The van der Waals surface area contributed by atoms with Crippen molar-refractivity contribution in [3.05, 3.63) is 48.3 Å². The van der Waals surface area contributed by atoms with Gasteiger partial charge in [-0.2, -0.15) is 5.10 Å². The van der Waals surface area contributed by atoms with Crippen LogP contribution in [-0.4, -0.2) is 58.7 Å². The zero-order valence-corrected chi connectivity index (χ0v) is 15.9. The summed E-state index contributed by atoms with van der Waals surface area (Å²) in [5.41, 5.74) is 1.57. The van der Waals surface area contributed by atoms with Crippen molar-refractivity contribution in [2.45, 2.75) is 37.8 Å². The summed E-state index contributed by atoms with van der Waals surface area (Å²) in [6, 6.07) is 10.7. The van der Waals surface area contributed by atoms with Gasteiger partial charge in [-0.1, -0.05) is 12.1 Å². The van der Waals surface area contributed by atoms with E-state index in [1.54, 1.807) is 10.9 Å². The lowest BCUT2D eigenvalue weighted by Gasteiger charge is -2.27. The Morgan fingerprint density at radius 1 is 1.00 bits per heavy atom. The molecule has 5 nitrogen and oxygen atoms in total. The van der Waals surface area contributed by atoms with Crippen LogP contribution in [0.15, 0.2) is 42.7 Å². The van der Waals surface area contributed by atoms with Crippen LogP contribution in [0.3, 0.4) is 0 Å². The molecule has 0 aliphatic heterocycles. The molecule has 138 valence electrons. The van der Waals surface area contributed by atoms with Crippen molar-refractivity contribution in [3.8, 4) is 5.69 Å². The van der Waals surface area contributed by atoms with Gasteiger partial charge in [0.15, 0.2) is 0 Å². The molecular formula is C21H28N4O. The Morgan fingerprint density at radius 2 is 1.65 bits per heavy atom. The van der Waals surface area contributed by atoms with Crippen molar-refractivity contribution in [2.75, 3.05) is 21.1 Å². The quantitative estimate of drug-likeness (QED) is 0.849. The number of nitrogens with zero attached hydrogens (tertiary/aromatic N) is 4. The molecule has 2 aromatic rings. The molecule has 1 aromatic heterocycles. The lowest BCUT2D eigenvalue weighted by Crippen LogP contribution is -2.37. The topological polar surface area (TPSA) is 41.4 Å². The number of carbonyl (C=O) groups excluding carboxylic acids is 1. The Kier molecular flexibility index (Phi) is 4.57. The van der Waals surface area contributed by atoms with Crippen LogP contribution in [0, 0.1) is 11.8 Å². The molecule has 1 heterocycles. The number of benzene rings is 1. The molecule has 0 N–H and O–H groups in total. The van der Waals surface area contributed by atoms with Gasteiger partial charge in [-0.25, -0.2) is 4.68 Å². The van der Waals surface area contributed by atoms with Gasteiger partial charge in [0.25, 0.3) is 5.91 Å². The molecule has 4 rings (SSSR count). The van der Waals surface area contributed by atoms with Crippen molar-refractivity contribution in [1.29, 1.82) is 0 Å². The van der Waals surface area contributed by atoms with Crippen LogP contribution >= 0.6 is 0 Å². The smallest absolute Gasteiger partial charge is 0.256 e. The van der Waals surface area contributed by atoms with Crippen LogP contribution in [0.1, 0.15) is 36.0 Å². The van der Waals surface area contributed by atoms with Gasteiger partial charge < -0.3 is 9.80 Å². The van der Waals surface area contributed by atoms with E-state index in [0.717, 1.165) is 35.9 Å². The van der Waals surface area contributed by atoms with E-state index >= 15 is 0 Å². The van der Waals surface area contributed by atoms with E-state index in [2.05, 4.69) is 24.1 Å². The van der Waals surface area contributed by atoms with Gasteiger partial charge in [0, 0.05) is 31.5 Å². The SMILES string of the molecule is CN(C)C1C[C@@H]2CC(N(C)C(=O)c3ccccc3-n3cccn3)C[C@@H]2C1. The van der Waals surface area contributed by atoms with Crippen LogP contribution in [0.25, 0.3) is 5.69 Å². The van der Waals surface area contributed by atoms with Gasteiger partial charge in [-0.15, -0.1) is 0 Å². The highest BCUT2D eigenvalue weighted by atomic mass is 16.2. The molecule has 0 radical (unpaired) electrons. The molecule has 5 heteroatoms. The van der Waals surface area contributed by atoms with Crippen LogP contribution in [0.5, 0.6) is 0 Å². The summed E-state index contributed by atoms with van der Waals surface area (Å²) in [7, 11) is 6.34. The summed E-state index contributed by atoms with van der Waals surface area (Å²) in [5, 5.41) is 4.30. The highest BCUT2D eigenvalue weighted by molar-refractivity contribution is 5.97. The summed E-state index contributed by atoms with van der Waals surface area (Å²) in [4.78, 5) is 17.6. The lowest BCUT2D eigenvalue weighted by molar-refractivity contribution is 0.0726. The first-order chi connectivity index (χ1) is 12.5. The molecule has 2 aliphatic rings. The summed E-state index contributed by atoms with van der Waals surface area (Å²) in [6.45, 7) is 0. The second-order valence-electron chi connectivity index (χ2n) is 8.12. The Hall–Kier alpha value is -2.14. The molecule has 2 unspecified atom stereocenters. The summed E-state index contributed by atoms with van der Waals surface area (Å²) < 4.78 is 1.77. The maximum absolute atomic E-state index is 13.2. The summed E-state index contributed by atoms with van der Waals surface area (Å²) >= 11 is 0. The van der Waals surface area contributed by atoms with Gasteiger partial charge in [0.1, 0.15) is 0 Å². The number of amides is 1. The molecule has 0 saturated heterocycles. The summed E-state index contributed by atoms with van der Waals surface area (Å²) in [5.74, 6) is 1.64.